The number of hydrogen-bond acceptors (Lipinski definition) is 4. The maximum atomic E-state index is 13.4. The standard InChI is InChI=1S/C11H10F2N2O2/c1-6(11(16)17-2)15-10-8(12)3-7(5-14)4-9(10)13/h3-4,6,15H,1-2H3. The number of methoxy groups -OCH3 is 1. The molecule has 0 aliphatic rings. The number of carbonyl (C=O) groups excluding carboxylic acids is 1. The van der Waals surface area contributed by atoms with Crippen LogP contribution in [0.2, 0.25) is 0 Å². The molecule has 0 saturated carbocycles. The van der Waals surface area contributed by atoms with Crippen LogP contribution in [-0.2, 0) is 9.53 Å². The Morgan fingerprint density at radius 3 is 2.41 bits per heavy atom. The van der Waals surface area contributed by atoms with Gasteiger partial charge in [-0.05, 0) is 19.1 Å². The highest BCUT2D eigenvalue weighted by Gasteiger charge is 2.18. The van der Waals surface area contributed by atoms with E-state index >= 15 is 0 Å². The van der Waals surface area contributed by atoms with Crippen molar-refractivity contribution >= 4 is 11.7 Å². The van der Waals surface area contributed by atoms with Gasteiger partial charge in [0, 0.05) is 0 Å². The van der Waals surface area contributed by atoms with Crippen LogP contribution in [0.3, 0.4) is 0 Å². The van der Waals surface area contributed by atoms with Crippen LogP contribution in [0.4, 0.5) is 14.5 Å². The van der Waals surface area contributed by atoms with Crippen molar-refractivity contribution in [1.82, 2.24) is 0 Å². The Labute approximate surface area is 96.8 Å². The first-order valence-corrected chi connectivity index (χ1v) is 4.73. The second kappa shape index (κ2) is 5.25. The van der Waals surface area contributed by atoms with Gasteiger partial charge in [0.15, 0.2) is 11.6 Å². The van der Waals surface area contributed by atoms with Gasteiger partial charge in [-0.1, -0.05) is 0 Å². The zero-order valence-electron chi connectivity index (χ0n) is 9.25. The van der Waals surface area contributed by atoms with Crippen LogP contribution in [0, 0.1) is 23.0 Å². The predicted molar refractivity (Wildman–Crippen MR) is 56.2 cm³/mol. The summed E-state index contributed by atoms with van der Waals surface area (Å²) in [7, 11) is 1.17. The van der Waals surface area contributed by atoms with Crippen LogP contribution in [0.15, 0.2) is 12.1 Å². The minimum atomic E-state index is -0.933. The minimum absolute atomic E-state index is 0.128. The molecule has 1 rings (SSSR count). The summed E-state index contributed by atoms with van der Waals surface area (Å²) in [4.78, 5) is 11.1. The summed E-state index contributed by atoms with van der Waals surface area (Å²) in [5, 5.41) is 10.9. The number of nitrogens with one attached hydrogen (secondary N) is 1. The molecule has 0 amide bonds. The van der Waals surface area contributed by atoms with Crippen molar-refractivity contribution in [2.75, 3.05) is 12.4 Å². The summed E-state index contributed by atoms with van der Waals surface area (Å²) >= 11 is 0. The molecule has 0 aliphatic heterocycles. The van der Waals surface area contributed by atoms with Crippen LogP contribution >= 0.6 is 0 Å². The van der Waals surface area contributed by atoms with Crippen molar-refractivity contribution in [2.45, 2.75) is 13.0 Å². The molecular weight excluding hydrogens is 230 g/mol. The molecule has 0 bridgehead atoms. The molecule has 4 nitrogen and oxygen atoms in total. The Balaban J connectivity index is 3.00. The van der Waals surface area contributed by atoms with Crippen LogP contribution in [0.1, 0.15) is 12.5 Å². The molecule has 0 saturated heterocycles. The Kier molecular flexibility index (Phi) is 3.99. The minimum Gasteiger partial charge on any atom is -0.467 e. The molecule has 0 radical (unpaired) electrons. The predicted octanol–water partition coefficient (Wildman–Crippen LogP) is 1.81. The molecule has 1 N–H and O–H groups in total. The Morgan fingerprint density at radius 2 is 2.00 bits per heavy atom. The number of benzene rings is 1. The molecule has 0 aromatic heterocycles. The molecule has 6 heteroatoms. The monoisotopic (exact) mass is 240 g/mol. The number of nitriles is 1. The van der Waals surface area contributed by atoms with E-state index in [0.717, 1.165) is 12.1 Å². The molecule has 90 valence electrons. The van der Waals surface area contributed by atoms with Crippen LogP contribution in [-0.4, -0.2) is 19.1 Å². The third kappa shape index (κ3) is 2.91. The molecule has 1 aromatic rings. The Bertz CT molecular complexity index is 460. The van der Waals surface area contributed by atoms with Gasteiger partial charge >= 0.3 is 5.97 Å². The third-order valence-corrected chi connectivity index (χ3v) is 2.09. The lowest BCUT2D eigenvalue weighted by atomic mass is 10.2. The number of rotatable bonds is 3. The van der Waals surface area contributed by atoms with Gasteiger partial charge in [0.1, 0.15) is 11.7 Å². The molecule has 0 fully saturated rings. The molecule has 0 heterocycles. The van der Waals surface area contributed by atoms with E-state index in [1.807, 2.05) is 0 Å². The second-order valence-corrected chi connectivity index (χ2v) is 3.32. The number of esters is 1. The van der Waals surface area contributed by atoms with Crippen molar-refractivity contribution < 1.29 is 18.3 Å². The fraction of sp³-hybridized carbons (Fsp3) is 0.273. The lowest BCUT2D eigenvalue weighted by Crippen LogP contribution is -2.28. The van der Waals surface area contributed by atoms with Gasteiger partial charge < -0.3 is 10.1 Å². The molecular formula is C11H10F2N2O2. The van der Waals surface area contributed by atoms with Gasteiger partial charge in [-0.25, -0.2) is 13.6 Å². The maximum absolute atomic E-state index is 13.4. The number of anilines is 1. The van der Waals surface area contributed by atoms with Gasteiger partial charge in [-0.3, -0.25) is 0 Å². The summed E-state index contributed by atoms with van der Waals surface area (Å²) in [6.07, 6.45) is 0. The van der Waals surface area contributed by atoms with Crippen molar-refractivity contribution in [3.8, 4) is 6.07 Å². The Hall–Kier alpha value is -2.16. The highest BCUT2D eigenvalue weighted by Crippen LogP contribution is 2.21. The highest BCUT2D eigenvalue weighted by atomic mass is 19.1. The van der Waals surface area contributed by atoms with Crippen molar-refractivity contribution in [3.05, 3.63) is 29.3 Å². The first-order valence-electron chi connectivity index (χ1n) is 4.73. The summed E-state index contributed by atoms with van der Waals surface area (Å²) < 4.78 is 31.3. The van der Waals surface area contributed by atoms with Gasteiger partial charge in [-0.2, -0.15) is 5.26 Å². The van der Waals surface area contributed by atoms with Gasteiger partial charge in [-0.15, -0.1) is 0 Å². The van der Waals surface area contributed by atoms with E-state index in [2.05, 4.69) is 10.1 Å². The fourth-order valence-electron chi connectivity index (χ4n) is 1.23. The van der Waals surface area contributed by atoms with E-state index in [9.17, 15) is 13.6 Å². The van der Waals surface area contributed by atoms with Crippen molar-refractivity contribution in [1.29, 1.82) is 5.26 Å². The van der Waals surface area contributed by atoms with E-state index in [4.69, 9.17) is 5.26 Å². The van der Waals surface area contributed by atoms with Crippen molar-refractivity contribution in [2.24, 2.45) is 0 Å². The summed E-state index contributed by atoms with van der Waals surface area (Å²) in [6.45, 7) is 1.41. The van der Waals surface area contributed by atoms with Gasteiger partial charge in [0.2, 0.25) is 0 Å². The SMILES string of the molecule is COC(=O)C(C)Nc1c(F)cc(C#N)cc1F. The molecule has 0 spiro atoms. The zero-order valence-corrected chi connectivity index (χ0v) is 9.25. The van der Waals surface area contributed by atoms with Crippen LogP contribution < -0.4 is 5.32 Å². The molecule has 17 heavy (non-hydrogen) atoms. The lowest BCUT2D eigenvalue weighted by molar-refractivity contribution is -0.141. The normalized spacial score (nSPS) is 11.5. The number of hydrogen-bond donors (Lipinski definition) is 1. The lowest BCUT2D eigenvalue weighted by Gasteiger charge is -2.14. The van der Waals surface area contributed by atoms with E-state index in [-0.39, 0.29) is 5.56 Å². The van der Waals surface area contributed by atoms with Crippen molar-refractivity contribution in [3.63, 3.8) is 0 Å². The summed E-state index contributed by atoms with van der Waals surface area (Å²) in [5.74, 6) is -2.51. The van der Waals surface area contributed by atoms with Crippen LogP contribution in [0.25, 0.3) is 0 Å². The average Bonchev–Trinajstić information content (AvgIpc) is 2.31. The number of carbonyl (C=O) groups is 1. The average molecular weight is 240 g/mol. The van der Waals surface area contributed by atoms with E-state index in [0.29, 0.717) is 0 Å². The highest BCUT2D eigenvalue weighted by molar-refractivity contribution is 5.78. The molecule has 1 aromatic carbocycles. The quantitative estimate of drug-likeness (QED) is 0.818. The largest absolute Gasteiger partial charge is 0.467 e. The van der Waals surface area contributed by atoms with E-state index in [1.54, 1.807) is 6.07 Å². The van der Waals surface area contributed by atoms with Crippen LogP contribution in [0.5, 0.6) is 0 Å². The van der Waals surface area contributed by atoms with Gasteiger partial charge in [0.25, 0.3) is 0 Å². The maximum Gasteiger partial charge on any atom is 0.327 e. The molecule has 0 aliphatic carbocycles. The molecule has 1 unspecified atom stereocenters. The third-order valence-electron chi connectivity index (χ3n) is 2.09. The fourth-order valence-corrected chi connectivity index (χ4v) is 1.23. The topological polar surface area (TPSA) is 62.1 Å². The van der Waals surface area contributed by atoms with Gasteiger partial charge in [0.05, 0.1) is 18.7 Å². The first-order chi connectivity index (χ1) is 7.99. The zero-order chi connectivity index (χ0) is 13.0. The Morgan fingerprint density at radius 1 is 1.47 bits per heavy atom. The smallest absolute Gasteiger partial charge is 0.327 e. The number of ether oxygens (including phenoxy) is 1. The van der Waals surface area contributed by atoms with E-state index < -0.39 is 29.3 Å². The number of halogens is 2. The first kappa shape index (κ1) is 12.9. The summed E-state index contributed by atoms with van der Waals surface area (Å²) in [6, 6.07) is 2.50. The molecule has 1 atom stereocenters. The number of nitrogens with zero attached hydrogens (tertiary/aromatic N) is 1. The second-order valence-electron chi connectivity index (χ2n) is 3.32. The van der Waals surface area contributed by atoms with E-state index in [1.165, 1.54) is 14.0 Å². The summed E-state index contributed by atoms with van der Waals surface area (Å²) in [5.41, 5.74) is -0.585.